The molecule has 0 spiro atoms. The van der Waals surface area contributed by atoms with Crippen molar-refractivity contribution in [2.75, 3.05) is 5.32 Å². The normalized spacial score (nSPS) is 17.0. The molecule has 0 radical (unpaired) electrons. The summed E-state index contributed by atoms with van der Waals surface area (Å²) in [6.07, 6.45) is 0.980. The summed E-state index contributed by atoms with van der Waals surface area (Å²) in [5, 5.41) is 19.2. The molecule has 0 unspecified atom stereocenters. The van der Waals surface area contributed by atoms with Gasteiger partial charge in [-0.15, -0.1) is 0 Å². The molecule has 1 amide bonds. The fraction of sp³-hybridized carbons (Fsp3) is 0.100. The zero-order chi connectivity index (χ0) is 18.1. The van der Waals surface area contributed by atoms with E-state index in [1.807, 2.05) is 24.3 Å². The second-order valence-corrected chi connectivity index (χ2v) is 5.96. The Labute approximate surface area is 150 Å². The van der Waals surface area contributed by atoms with Gasteiger partial charge in [0.2, 0.25) is 0 Å². The number of hydrogen-bond donors (Lipinski definition) is 2. The van der Waals surface area contributed by atoms with Gasteiger partial charge in [0.05, 0.1) is 17.5 Å². The zero-order valence-corrected chi connectivity index (χ0v) is 14.1. The van der Waals surface area contributed by atoms with Gasteiger partial charge in [-0.1, -0.05) is 24.3 Å². The monoisotopic (exact) mass is 347 g/mol. The minimum Gasteiger partial charge on any atom is -0.507 e. The molecular formula is C20H17N3O3. The summed E-state index contributed by atoms with van der Waals surface area (Å²) in [4.78, 5) is 13.0. The second-order valence-electron chi connectivity index (χ2n) is 5.96. The Morgan fingerprint density at radius 3 is 2.65 bits per heavy atom. The zero-order valence-electron chi connectivity index (χ0n) is 14.1. The van der Waals surface area contributed by atoms with Crippen molar-refractivity contribution in [3.05, 3.63) is 83.8 Å². The molecule has 2 aromatic carbocycles. The molecule has 1 atom stereocenters. The van der Waals surface area contributed by atoms with Crippen molar-refractivity contribution >= 4 is 17.3 Å². The Hall–Kier alpha value is -3.54. The number of rotatable bonds is 3. The number of amides is 1. The van der Waals surface area contributed by atoms with E-state index in [0.717, 1.165) is 5.69 Å². The molecule has 0 saturated carbocycles. The van der Waals surface area contributed by atoms with E-state index < -0.39 is 6.17 Å². The number of carbonyl (C=O) groups is 1. The summed E-state index contributed by atoms with van der Waals surface area (Å²) < 4.78 is 5.50. The predicted octanol–water partition coefficient (Wildman–Crippen LogP) is 3.98. The van der Waals surface area contributed by atoms with Crippen LogP contribution in [0.1, 0.15) is 34.8 Å². The van der Waals surface area contributed by atoms with Gasteiger partial charge in [-0.25, -0.2) is 0 Å². The molecule has 3 aromatic rings. The number of para-hydroxylation sites is 2. The van der Waals surface area contributed by atoms with E-state index in [-0.39, 0.29) is 11.7 Å². The number of hydrogen-bond acceptors (Lipinski definition) is 5. The molecule has 0 aliphatic carbocycles. The molecule has 0 bridgehead atoms. The highest BCUT2D eigenvalue weighted by Gasteiger charge is 2.34. The van der Waals surface area contributed by atoms with Crippen LogP contribution in [0, 0.1) is 0 Å². The molecule has 6 heteroatoms. The quantitative estimate of drug-likeness (QED) is 0.703. The Kier molecular flexibility index (Phi) is 3.93. The van der Waals surface area contributed by atoms with Crippen molar-refractivity contribution in [3.63, 3.8) is 0 Å². The topological polar surface area (TPSA) is 78.1 Å². The van der Waals surface area contributed by atoms with Crippen LogP contribution in [0.4, 0.5) is 5.69 Å². The lowest BCUT2D eigenvalue weighted by atomic mass is 10.1. The summed E-state index contributed by atoms with van der Waals surface area (Å²) in [5.41, 5.74) is 2.35. The smallest absolute Gasteiger partial charge is 0.278 e. The molecule has 0 fully saturated rings. The van der Waals surface area contributed by atoms with Gasteiger partial charge >= 0.3 is 0 Å². The summed E-state index contributed by atoms with van der Waals surface area (Å²) in [7, 11) is 0. The van der Waals surface area contributed by atoms with Gasteiger partial charge in [-0.2, -0.15) is 10.1 Å². The molecule has 130 valence electrons. The van der Waals surface area contributed by atoms with E-state index in [1.165, 1.54) is 5.01 Å². The summed E-state index contributed by atoms with van der Waals surface area (Å²) in [6.45, 7) is 1.75. The molecular weight excluding hydrogens is 330 g/mol. The van der Waals surface area contributed by atoms with Crippen LogP contribution in [0.5, 0.6) is 5.75 Å². The van der Waals surface area contributed by atoms with Crippen LogP contribution in [-0.4, -0.2) is 21.7 Å². The molecule has 1 aliphatic rings. The summed E-state index contributed by atoms with van der Waals surface area (Å²) >= 11 is 0. The van der Waals surface area contributed by atoms with Crippen molar-refractivity contribution in [1.82, 2.24) is 5.01 Å². The van der Waals surface area contributed by atoms with E-state index in [2.05, 4.69) is 10.4 Å². The Morgan fingerprint density at radius 2 is 1.88 bits per heavy atom. The summed E-state index contributed by atoms with van der Waals surface area (Å²) in [6, 6.07) is 17.7. The predicted molar refractivity (Wildman–Crippen MR) is 98.0 cm³/mol. The molecule has 4 rings (SSSR count). The maximum absolute atomic E-state index is 13.0. The first kappa shape index (κ1) is 16.0. The number of phenolic OH excluding ortho intramolecular Hbond substituents is 1. The Balaban J connectivity index is 1.80. The van der Waals surface area contributed by atoms with E-state index in [1.54, 1.807) is 49.6 Å². The molecule has 1 aromatic heterocycles. The average Bonchev–Trinajstić information content (AvgIpc) is 3.18. The number of nitrogens with one attached hydrogen (secondary N) is 1. The molecule has 2 heterocycles. The van der Waals surface area contributed by atoms with Crippen LogP contribution in [0.3, 0.4) is 0 Å². The maximum atomic E-state index is 13.0. The van der Waals surface area contributed by atoms with Gasteiger partial charge in [-0.3, -0.25) is 4.79 Å². The first-order valence-electron chi connectivity index (χ1n) is 8.21. The van der Waals surface area contributed by atoms with E-state index >= 15 is 0 Å². The lowest BCUT2D eigenvalue weighted by Gasteiger charge is -2.33. The Bertz CT molecular complexity index is 979. The molecule has 0 saturated heterocycles. The first-order chi connectivity index (χ1) is 12.6. The highest BCUT2D eigenvalue weighted by Crippen LogP contribution is 2.34. The number of fused-ring (bicyclic) bond motifs is 1. The number of hydrazone groups is 1. The van der Waals surface area contributed by atoms with Crippen molar-refractivity contribution in [1.29, 1.82) is 0 Å². The number of anilines is 1. The van der Waals surface area contributed by atoms with E-state index in [4.69, 9.17) is 4.42 Å². The van der Waals surface area contributed by atoms with Gasteiger partial charge in [0.1, 0.15) is 11.5 Å². The first-order valence-corrected chi connectivity index (χ1v) is 8.21. The molecule has 26 heavy (non-hydrogen) atoms. The number of carbonyl (C=O) groups excluding carboxylic acids is 1. The summed E-state index contributed by atoms with van der Waals surface area (Å²) in [5.74, 6) is 0.443. The lowest BCUT2D eigenvalue weighted by Crippen LogP contribution is -2.40. The third kappa shape index (κ3) is 2.71. The number of furan rings is 1. The standard InChI is InChI=1S/C20H17N3O3/c1-13(14-7-3-5-10-17(14)24)22-23-19(18-11-6-12-26-18)21-16-9-4-2-8-15(16)20(23)25/h2-12,19,21,24H,1H3/b22-13-/t19-/m0/s1. The average molecular weight is 347 g/mol. The number of benzene rings is 2. The highest BCUT2D eigenvalue weighted by atomic mass is 16.3. The van der Waals surface area contributed by atoms with E-state index in [0.29, 0.717) is 22.6 Å². The Morgan fingerprint density at radius 1 is 1.12 bits per heavy atom. The second kappa shape index (κ2) is 6.40. The van der Waals surface area contributed by atoms with Gasteiger partial charge in [0.15, 0.2) is 6.17 Å². The number of aromatic hydroxyl groups is 1. The van der Waals surface area contributed by atoms with Crippen molar-refractivity contribution in [2.24, 2.45) is 5.10 Å². The highest BCUT2D eigenvalue weighted by molar-refractivity contribution is 6.05. The third-order valence-corrected chi connectivity index (χ3v) is 4.27. The van der Waals surface area contributed by atoms with Crippen molar-refractivity contribution in [3.8, 4) is 5.75 Å². The SMILES string of the molecule is C/C(=N/N1C(=O)c2ccccc2N[C@@H]1c1ccco1)c1ccccc1O. The van der Waals surface area contributed by atoms with Crippen LogP contribution in [-0.2, 0) is 0 Å². The van der Waals surface area contributed by atoms with Crippen molar-refractivity contribution in [2.45, 2.75) is 13.1 Å². The van der Waals surface area contributed by atoms with Gasteiger partial charge in [0.25, 0.3) is 5.91 Å². The third-order valence-electron chi connectivity index (χ3n) is 4.27. The lowest BCUT2D eigenvalue weighted by molar-refractivity contribution is 0.0670. The van der Waals surface area contributed by atoms with E-state index in [9.17, 15) is 9.90 Å². The van der Waals surface area contributed by atoms with Gasteiger partial charge < -0.3 is 14.8 Å². The largest absolute Gasteiger partial charge is 0.507 e. The van der Waals surface area contributed by atoms with Crippen LogP contribution >= 0.6 is 0 Å². The number of nitrogens with zero attached hydrogens (tertiary/aromatic N) is 2. The van der Waals surface area contributed by atoms with Gasteiger partial charge in [-0.05, 0) is 43.3 Å². The fourth-order valence-corrected chi connectivity index (χ4v) is 2.98. The minimum absolute atomic E-state index is 0.112. The van der Waals surface area contributed by atoms with Crippen LogP contribution in [0.25, 0.3) is 0 Å². The minimum atomic E-state index is -0.576. The molecule has 2 N–H and O–H groups in total. The number of phenols is 1. The van der Waals surface area contributed by atoms with Crippen LogP contribution < -0.4 is 5.32 Å². The fourth-order valence-electron chi connectivity index (χ4n) is 2.98. The van der Waals surface area contributed by atoms with Gasteiger partial charge in [0, 0.05) is 11.3 Å². The van der Waals surface area contributed by atoms with Crippen LogP contribution in [0.15, 0.2) is 76.4 Å². The maximum Gasteiger partial charge on any atom is 0.278 e. The van der Waals surface area contributed by atoms with Crippen LogP contribution in [0.2, 0.25) is 0 Å². The molecule has 6 nitrogen and oxygen atoms in total. The van der Waals surface area contributed by atoms with Crippen molar-refractivity contribution < 1.29 is 14.3 Å². The molecule has 1 aliphatic heterocycles.